The normalized spacial score (nSPS) is 17.4. The van der Waals surface area contributed by atoms with Crippen molar-refractivity contribution in [2.45, 2.75) is 19.4 Å². The first-order valence-corrected chi connectivity index (χ1v) is 17.3. The highest BCUT2D eigenvalue weighted by atomic mass is 32.1. The Hall–Kier alpha value is -5.39. The predicted octanol–water partition coefficient (Wildman–Crippen LogP) is 7.73. The van der Waals surface area contributed by atoms with Gasteiger partial charge < -0.3 is 19.1 Å². The highest BCUT2D eigenvalue weighted by Gasteiger charge is 2.24. The molecule has 0 aliphatic carbocycles. The van der Waals surface area contributed by atoms with Crippen LogP contribution in [-0.4, -0.2) is 63.5 Å². The monoisotopic (exact) mass is 689 g/mol. The van der Waals surface area contributed by atoms with Crippen LogP contribution in [-0.2, 0) is 34.3 Å². The number of thiophene rings is 1. The average Bonchev–Trinajstić information content (AvgIpc) is 3.77. The molecule has 254 valence electrons. The van der Waals surface area contributed by atoms with Gasteiger partial charge in [0, 0.05) is 82.8 Å². The number of carbonyl (C=O) groups excluding carboxylic acids is 1. The van der Waals surface area contributed by atoms with Crippen molar-refractivity contribution in [1.82, 2.24) is 24.6 Å². The molecule has 11 heteroatoms. The number of ether oxygens (including phenoxy) is 3. The first kappa shape index (κ1) is 33.1. The van der Waals surface area contributed by atoms with E-state index in [2.05, 4.69) is 24.3 Å². The second kappa shape index (κ2) is 14.6. The predicted molar refractivity (Wildman–Crippen MR) is 195 cm³/mol. The summed E-state index contributed by atoms with van der Waals surface area (Å²) in [5.41, 5.74) is 6.48. The average molecular weight is 690 g/mol. The van der Waals surface area contributed by atoms with Crippen molar-refractivity contribution in [1.29, 1.82) is 0 Å². The van der Waals surface area contributed by atoms with E-state index in [-0.39, 0.29) is 12.5 Å². The molecule has 0 atom stereocenters. The first-order chi connectivity index (χ1) is 24.4. The summed E-state index contributed by atoms with van der Waals surface area (Å²) in [6.45, 7) is 9.62. The van der Waals surface area contributed by atoms with E-state index in [1.54, 1.807) is 16.2 Å². The molecular formula is C39H36FN5O4S. The van der Waals surface area contributed by atoms with Crippen LogP contribution in [0.1, 0.15) is 23.2 Å². The fourth-order valence-electron chi connectivity index (χ4n) is 6.22. The molecule has 1 amide bonds. The van der Waals surface area contributed by atoms with Gasteiger partial charge in [0.1, 0.15) is 23.9 Å². The van der Waals surface area contributed by atoms with Crippen LogP contribution in [0.5, 0.6) is 5.75 Å². The lowest BCUT2D eigenvalue weighted by atomic mass is 9.97. The van der Waals surface area contributed by atoms with Crippen molar-refractivity contribution in [2.75, 3.05) is 33.0 Å². The Morgan fingerprint density at radius 1 is 1.06 bits per heavy atom. The van der Waals surface area contributed by atoms with Crippen LogP contribution in [0.25, 0.3) is 49.6 Å². The van der Waals surface area contributed by atoms with Gasteiger partial charge in [0.25, 0.3) is 0 Å². The van der Waals surface area contributed by atoms with Crippen LogP contribution in [0.2, 0.25) is 0 Å². The number of hydrogen-bond acceptors (Lipinski definition) is 8. The fourth-order valence-corrected chi connectivity index (χ4v) is 7.13. The summed E-state index contributed by atoms with van der Waals surface area (Å²) in [4.78, 5) is 24.5. The number of fused-ring (bicyclic) bond motifs is 4. The Morgan fingerprint density at radius 2 is 1.96 bits per heavy atom. The summed E-state index contributed by atoms with van der Waals surface area (Å²) in [6.07, 6.45) is 14.5. The molecule has 0 spiro atoms. The maximum Gasteiger partial charge on any atom is 0.246 e. The number of hydrogen-bond donors (Lipinski definition) is 0. The molecule has 4 aromatic heterocycles. The zero-order chi connectivity index (χ0) is 34.6. The van der Waals surface area contributed by atoms with E-state index in [0.29, 0.717) is 63.0 Å². The van der Waals surface area contributed by atoms with Gasteiger partial charge in [-0.25, -0.2) is 9.37 Å². The molecule has 0 N–H and O–H groups in total. The van der Waals surface area contributed by atoms with E-state index < -0.39 is 5.83 Å². The summed E-state index contributed by atoms with van der Waals surface area (Å²) in [5, 5.41) is 8.37. The van der Waals surface area contributed by atoms with Gasteiger partial charge in [0.15, 0.2) is 0 Å². The second-order valence-corrected chi connectivity index (χ2v) is 12.8. The third-order valence-electron chi connectivity index (χ3n) is 8.73. The Bertz CT molecular complexity index is 2210. The molecule has 7 rings (SSSR count). The quantitative estimate of drug-likeness (QED) is 0.108. The number of aryl methyl sites for hydroxylation is 1. The molecule has 0 radical (unpaired) electrons. The van der Waals surface area contributed by atoms with Crippen LogP contribution >= 0.6 is 11.3 Å². The van der Waals surface area contributed by atoms with E-state index >= 15 is 0 Å². The van der Waals surface area contributed by atoms with Gasteiger partial charge in [-0.3, -0.25) is 14.5 Å². The third kappa shape index (κ3) is 6.74. The molecule has 6 heterocycles. The van der Waals surface area contributed by atoms with Crippen molar-refractivity contribution in [3.8, 4) is 28.3 Å². The maximum atomic E-state index is 14.8. The number of aromatic nitrogens is 4. The van der Waals surface area contributed by atoms with Gasteiger partial charge in [0.2, 0.25) is 5.91 Å². The molecule has 9 nitrogen and oxygen atoms in total. The zero-order valence-corrected chi connectivity index (χ0v) is 28.5. The number of nitrogens with zero attached hydrogens (tertiary/aromatic N) is 5. The number of amides is 1. The number of pyridine rings is 2. The van der Waals surface area contributed by atoms with Crippen LogP contribution in [0, 0.1) is 0 Å². The van der Waals surface area contributed by atoms with Gasteiger partial charge >= 0.3 is 0 Å². The summed E-state index contributed by atoms with van der Waals surface area (Å²) < 4.78 is 35.8. The molecular weight excluding hydrogens is 654 g/mol. The van der Waals surface area contributed by atoms with Crippen molar-refractivity contribution < 1.29 is 23.4 Å². The minimum Gasteiger partial charge on any atom is -0.492 e. The van der Waals surface area contributed by atoms with E-state index in [1.807, 2.05) is 65.9 Å². The van der Waals surface area contributed by atoms with E-state index in [0.717, 1.165) is 60.7 Å². The van der Waals surface area contributed by atoms with Gasteiger partial charge in [-0.2, -0.15) is 5.10 Å². The van der Waals surface area contributed by atoms with Crippen LogP contribution in [0.15, 0.2) is 97.2 Å². The van der Waals surface area contributed by atoms with Crippen molar-refractivity contribution >= 4 is 44.3 Å². The first-order valence-electron chi connectivity index (χ1n) is 16.4. The van der Waals surface area contributed by atoms with Gasteiger partial charge in [-0.15, -0.1) is 11.3 Å². The smallest absolute Gasteiger partial charge is 0.246 e. The standard InChI is InChI=1S/C39H36FN5O4S/c1-4-28(40)19-29-20-32-37(26-17-27-24-45(36(46)5-2)11-9-33(27)41-22-26)43-38(30-10-16-50-39(30)32)31-18-25-23-42-44(3)34(25)21-35(31)49-13-8-6-7-12-47-14-15-48-29/h4-7,10,16-23H,1-2,8-9,11-15,24H2,3H3/b7-6+,28-19+,29-20-. The minimum absolute atomic E-state index is 0.125. The molecule has 2 aliphatic heterocycles. The lowest BCUT2D eigenvalue weighted by Crippen LogP contribution is -2.35. The van der Waals surface area contributed by atoms with Crippen LogP contribution in [0.4, 0.5) is 4.39 Å². The van der Waals surface area contributed by atoms with E-state index in [9.17, 15) is 9.18 Å². The number of rotatable bonds is 4. The second-order valence-electron chi connectivity index (χ2n) is 11.9. The molecule has 0 saturated carbocycles. The largest absolute Gasteiger partial charge is 0.492 e. The van der Waals surface area contributed by atoms with Gasteiger partial charge in [-0.1, -0.05) is 25.3 Å². The summed E-state index contributed by atoms with van der Waals surface area (Å²) in [6, 6.07) is 8.16. The highest BCUT2D eigenvalue weighted by Crippen LogP contribution is 2.43. The number of allylic oxidation sites excluding steroid dienone is 3. The molecule has 1 aromatic carbocycles. The number of benzene rings is 1. The molecule has 0 saturated heterocycles. The summed E-state index contributed by atoms with van der Waals surface area (Å²) in [5.74, 6) is 0.316. The Morgan fingerprint density at radius 3 is 2.82 bits per heavy atom. The summed E-state index contributed by atoms with van der Waals surface area (Å²) >= 11 is 1.56. The summed E-state index contributed by atoms with van der Waals surface area (Å²) in [7, 11) is 1.91. The van der Waals surface area contributed by atoms with Gasteiger partial charge in [0.05, 0.1) is 42.9 Å². The topological polar surface area (TPSA) is 91.6 Å². The highest BCUT2D eigenvalue weighted by molar-refractivity contribution is 7.17. The molecule has 0 unspecified atom stereocenters. The fraction of sp³-hybridized carbons (Fsp3) is 0.231. The Kier molecular flexibility index (Phi) is 9.68. The number of halogens is 1. The Balaban J connectivity index is 1.49. The molecule has 2 aliphatic rings. The van der Waals surface area contributed by atoms with Crippen molar-refractivity contribution in [3.05, 3.63) is 114 Å². The van der Waals surface area contributed by atoms with E-state index in [4.69, 9.17) is 24.2 Å². The maximum absolute atomic E-state index is 14.8. The lowest BCUT2D eigenvalue weighted by molar-refractivity contribution is -0.126. The van der Waals surface area contributed by atoms with Gasteiger partial charge in [-0.05, 0) is 53.8 Å². The molecule has 0 fully saturated rings. The number of carbonyl (C=O) groups is 1. The van der Waals surface area contributed by atoms with Crippen molar-refractivity contribution in [2.24, 2.45) is 7.05 Å². The van der Waals surface area contributed by atoms with E-state index in [1.165, 1.54) is 12.2 Å². The third-order valence-corrected chi connectivity index (χ3v) is 9.67. The van der Waals surface area contributed by atoms with Crippen molar-refractivity contribution in [3.63, 3.8) is 0 Å². The Labute approximate surface area is 293 Å². The molecule has 5 aromatic rings. The van der Waals surface area contributed by atoms with Crippen LogP contribution in [0.3, 0.4) is 0 Å². The SMILES string of the molecule is C=CC(=O)N1CCc2ncc(-c3nc4c5ccsc5c3/C=C(/C=C(/F)C=C)OCCOC/C=C/CCOc3cc5c(cnn5C)cc3-4)cc2C1. The van der Waals surface area contributed by atoms with Crippen LogP contribution < -0.4 is 4.74 Å². The zero-order valence-electron chi connectivity index (χ0n) is 27.7. The minimum atomic E-state index is -0.537. The molecule has 50 heavy (non-hydrogen) atoms. The lowest BCUT2D eigenvalue weighted by Gasteiger charge is -2.27. The molecule has 2 bridgehead atoms.